The van der Waals surface area contributed by atoms with E-state index in [9.17, 15) is 21.6 Å². The van der Waals surface area contributed by atoms with Gasteiger partial charge in [0.1, 0.15) is 0 Å². The normalized spacial score (nSPS) is 25.8. The van der Waals surface area contributed by atoms with Crippen molar-refractivity contribution in [1.82, 2.24) is 14.9 Å². The van der Waals surface area contributed by atoms with Crippen molar-refractivity contribution in [1.29, 1.82) is 0 Å². The van der Waals surface area contributed by atoms with Gasteiger partial charge in [-0.2, -0.15) is 17.5 Å². The molecule has 2 unspecified atom stereocenters. The van der Waals surface area contributed by atoms with Crippen LogP contribution in [0.3, 0.4) is 0 Å². The molecule has 0 aromatic heterocycles. The molecule has 1 aliphatic carbocycles. The summed E-state index contributed by atoms with van der Waals surface area (Å²) in [5.41, 5.74) is -5.22. The Bertz CT molecular complexity index is 608. The molecule has 28 heavy (non-hydrogen) atoms. The number of aliphatic imine (C=N–C) groups is 1. The summed E-state index contributed by atoms with van der Waals surface area (Å²) in [5.74, 6) is 1.58. The third kappa shape index (κ3) is 6.89. The van der Waals surface area contributed by atoms with Crippen LogP contribution >= 0.6 is 24.0 Å². The smallest absolute Gasteiger partial charge is 0.356 e. The van der Waals surface area contributed by atoms with Crippen LogP contribution in [0.5, 0.6) is 0 Å². The van der Waals surface area contributed by atoms with Gasteiger partial charge in [-0.3, -0.25) is 4.99 Å². The van der Waals surface area contributed by atoms with Gasteiger partial charge in [0, 0.05) is 32.7 Å². The average molecular weight is 540 g/mol. The standard InChI is InChI=1S/C17H31F3N4O2S.HI/c1-3-13-5-4-6-15(11-13)23-16(21-2)22-12-14-7-9-24(10-8-14)27(25,26)17(18,19)20;/h13-15H,3-12H2,1-2H3,(H2,21,22,23);1H. The van der Waals surface area contributed by atoms with Crippen LogP contribution in [0.2, 0.25) is 0 Å². The van der Waals surface area contributed by atoms with Crippen molar-refractivity contribution in [3.8, 4) is 0 Å². The van der Waals surface area contributed by atoms with Crippen LogP contribution in [0, 0.1) is 11.8 Å². The first-order valence-electron chi connectivity index (χ1n) is 9.71. The van der Waals surface area contributed by atoms with Gasteiger partial charge in [-0.15, -0.1) is 24.0 Å². The molecular weight excluding hydrogens is 508 g/mol. The number of sulfonamides is 1. The Morgan fingerprint density at radius 2 is 1.79 bits per heavy atom. The fourth-order valence-corrected chi connectivity index (χ4v) is 4.91. The Balaban J connectivity index is 0.00000392. The fraction of sp³-hybridized carbons (Fsp3) is 0.941. The highest BCUT2D eigenvalue weighted by molar-refractivity contribution is 14.0. The second-order valence-electron chi connectivity index (χ2n) is 7.53. The molecule has 166 valence electrons. The first-order chi connectivity index (χ1) is 12.7. The van der Waals surface area contributed by atoms with E-state index in [1.165, 1.54) is 19.3 Å². The molecule has 0 radical (unpaired) electrons. The van der Waals surface area contributed by atoms with Gasteiger partial charge >= 0.3 is 15.5 Å². The molecule has 1 saturated carbocycles. The molecule has 6 nitrogen and oxygen atoms in total. The molecule has 2 fully saturated rings. The molecule has 0 aromatic rings. The third-order valence-electron chi connectivity index (χ3n) is 5.69. The maximum absolute atomic E-state index is 12.6. The van der Waals surface area contributed by atoms with E-state index in [0.29, 0.717) is 35.7 Å². The maximum atomic E-state index is 12.6. The minimum atomic E-state index is -5.22. The summed E-state index contributed by atoms with van der Waals surface area (Å²) in [4.78, 5) is 4.24. The van der Waals surface area contributed by atoms with Crippen LogP contribution in [-0.4, -0.2) is 56.9 Å². The zero-order chi connectivity index (χ0) is 20.1. The van der Waals surface area contributed by atoms with Crippen molar-refractivity contribution in [2.45, 2.75) is 63.4 Å². The number of halogens is 4. The lowest BCUT2D eigenvalue weighted by molar-refractivity contribution is -0.0496. The molecule has 1 saturated heterocycles. The molecular formula is C17H32F3IN4O2S. The topological polar surface area (TPSA) is 73.8 Å². The SMILES string of the molecule is CCC1CCCC(NC(=NC)NCC2CCN(S(=O)(=O)C(F)(F)F)CC2)C1.I. The molecule has 0 amide bonds. The van der Waals surface area contributed by atoms with Gasteiger partial charge in [0.05, 0.1) is 0 Å². The van der Waals surface area contributed by atoms with Crippen LogP contribution in [0.15, 0.2) is 4.99 Å². The summed E-state index contributed by atoms with van der Waals surface area (Å²) in [7, 11) is -3.51. The van der Waals surface area contributed by atoms with Crippen LogP contribution in [0.4, 0.5) is 13.2 Å². The van der Waals surface area contributed by atoms with E-state index < -0.39 is 15.5 Å². The summed E-state index contributed by atoms with van der Waals surface area (Å²) in [6, 6.07) is 0.397. The fourth-order valence-electron chi connectivity index (χ4n) is 3.92. The van der Waals surface area contributed by atoms with Crippen molar-refractivity contribution >= 4 is 40.0 Å². The van der Waals surface area contributed by atoms with Gasteiger partial charge in [-0.1, -0.05) is 26.2 Å². The summed E-state index contributed by atoms with van der Waals surface area (Å²) in [5, 5.41) is 6.70. The number of nitrogens with zero attached hydrogens (tertiary/aromatic N) is 2. The quantitative estimate of drug-likeness (QED) is 0.319. The Morgan fingerprint density at radius 3 is 2.32 bits per heavy atom. The Labute approximate surface area is 183 Å². The molecule has 2 atom stereocenters. The van der Waals surface area contributed by atoms with Crippen molar-refractivity contribution in [2.75, 3.05) is 26.7 Å². The van der Waals surface area contributed by atoms with Crippen LogP contribution < -0.4 is 10.6 Å². The predicted octanol–water partition coefficient (Wildman–Crippen LogP) is 3.30. The lowest BCUT2D eigenvalue weighted by Gasteiger charge is -2.33. The molecule has 1 aliphatic heterocycles. The van der Waals surface area contributed by atoms with Gasteiger partial charge in [0.25, 0.3) is 0 Å². The first-order valence-corrected chi connectivity index (χ1v) is 11.1. The Kier molecular flexibility index (Phi) is 10.3. The van der Waals surface area contributed by atoms with Gasteiger partial charge in [-0.25, -0.2) is 8.42 Å². The largest absolute Gasteiger partial charge is 0.511 e. The number of rotatable bonds is 5. The molecule has 0 spiro atoms. The molecule has 11 heteroatoms. The van der Waals surface area contributed by atoms with Gasteiger partial charge < -0.3 is 10.6 Å². The molecule has 0 aromatic carbocycles. The Morgan fingerprint density at radius 1 is 1.14 bits per heavy atom. The van der Waals surface area contributed by atoms with E-state index >= 15 is 0 Å². The third-order valence-corrected chi connectivity index (χ3v) is 7.32. The maximum Gasteiger partial charge on any atom is 0.511 e. The van der Waals surface area contributed by atoms with Gasteiger partial charge in [0.2, 0.25) is 0 Å². The zero-order valence-electron chi connectivity index (χ0n) is 16.5. The Hall–Kier alpha value is -0.300. The van der Waals surface area contributed by atoms with E-state index in [-0.39, 0.29) is 43.0 Å². The van der Waals surface area contributed by atoms with E-state index in [1.54, 1.807) is 7.05 Å². The lowest BCUT2D eigenvalue weighted by atomic mass is 9.84. The van der Waals surface area contributed by atoms with Gasteiger partial charge in [0.15, 0.2) is 5.96 Å². The number of alkyl halides is 3. The van der Waals surface area contributed by atoms with Crippen LogP contribution in [0.1, 0.15) is 51.9 Å². The second-order valence-corrected chi connectivity index (χ2v) is 9.46. The highest BCUT2D eigenvalue weighted by Crippen LogP contribution is 2.30. The van der Waals surface area contributed by atoms with Crippen LogP contribution in [0.25, 0.3) is 0 Å². The van der Waals surface area contributed by atoms with Crippen molar-refractivity contribution in [3.05, 3.63) is 0 Å². The average Bonchev–Trinajstić information content (AvgIpc) is 2.64. The molecule has 2 N–H and O–H groups in total. The summed E-state index contributed by atoms with van der Waals surface area (Å²) in [6.45, 7) is 2.59. The molecule has 2 rings (SSSR count). The summed E-state index contributed by atoms with van der Waals surface area (Å²) < 4.78 is 61.3. The minimum Gasteiger partial charge on any atom is -0.356 e. The molecule has 1 heterocycles. The van der Waals surface area contributed by atoms with Crippen molar-refractivity contribution < 1.29 is 21.6 Å². The first kappa shape index (κ1) is 25.7. The van der Waals surface area contributed by atoms with Crippen molar-refractivity contribution in [3.63, 3.8) is 0 Å². The monoisotopic (exact) mass is 540 g/mol. The number of guanidine groups is 1. The predicted molar refractivity (Wildman–Crippen MR) is 115 cm³/mol. The van der Waals surface area contributed by atoms with E-state index in [0.717, 1.165) is 18.8 Å². The number of hydrogen-bond donors (Lipinski definition) is 2. The summed E-state index contributed by atoms with van der Waals surface area (Å²) >= 11 is 0. The molecule has 0 bridgehead atoms. The minimum absolute atomic E-state index is 0. The van der Waals surface area contributed by atoms with E-state index in [2.05, 4.69) is 22.5 Å². The summed E-state index contributed by atoms with van der Waals surface area (Å²) in [6.07, 6.45) is 6.72. The zero-order valence-corrected chi connectivity index (χ0v) is 19.6. The van der Waals surface area contributed by atoms with E-state index in [1.807, 2.05) is 0 Å². The molecule has 2 aliphatic rings. The van der Waals surface area contributed by atoms with Gasteiger partial charge in [-0.05, 0) is 37.5 Å². The highest BCUT2D eigenvalue weighted by atomic mass is 127. The number of hydrogen-bond acceptors (Lipinski definition) is 3. The number of piperidine rings is 1. The highest BCUT2D eigenvalue weighted by Gasteiger charge is 2.50. The van der Waals surface area contributed by atoms with E-state index in [4.69, 9.17) is 0 Å². The lowest BCUT2D eigenvalue weighted by Crippen LogP contribution is -2.49. The number of nitrogens with one attached hydrogen (secondary N) is 2. The second kappa shape index (κ2) is 11.2. The van der Waals surface area contributed by atoms with Crippen LogP contribution in [-0.2, 0) is 10.0 Å². The van der Waals surface area contributed by atoms with Crippen molar-refractivity contribution in [2.24, 2.45) is 16.8 Å².